The van der Waals surface area contributed by atoms with Gasteiger partial charge in [-0.1, -0.05) is 36.4 Å². The van der Waals surface area contributed by atoms with Crippen molar-refractivity contribution < 1.29 is 18.7 Å². The summed E-state index contributed by atoms with van der Waals surface area (Å²) < 4.78 is 20.2. The molecular formula is C32H31FN4O3S. The first-order chi connectivity index (χ1) is 19.8. The van der Waals surface area contributed by atoms with Crippen LogP contribution >= 0.6 is 11.3 Å². The van der Waals surface area contributed by atoms with Crippen molar-refractivity contribution in [1.29, 1.82) is 0 Å². The van der Waals surface area contributed by atoms with E-state index >= 15 is 0 Å². The summed E-state index contributed by atoms with van der Waals surface area (Å²) in [5, 5.41) is 6.08. The van der Waals surface area contributed by atoms with Gasteiger partial charge in [-0.25, -0.2) is 9.37 Å². The molecule has 7 nitrogen and oxygen atoms in total. The predicted octanol–water partition coefficient (Wildman–Crippen LogP) is 6.69. The van der Waals surface area contributed by atoms with Crippen LogP contribution in [0.25, 0.3) is 10.4 Å². The van der Waals surface area contributed by atoms with Gasteiger partial charge in [0.25, 0.3) is 11.8 Å². The summed E-state index contributed by atoms with van der Waals surface area (Å²) in [7, 11) is 0. The van der Waals surface area contributed by atoms with Crippen LogP contribution in [0.5, 0.6) is 0 Å². The number of halogens is 1. The van der Waals surface area contributed by atoms with E-state index in [9.17, 15) is 14.0 Å². The van der Waals surface area contributed by atoms with Crippen LogP contribution in [-0.2, 0) is 11.2 Å². The number of ether oxygens (including phenoxy) is 1. The van der Waals surface area contributed by atoms with Gasteiger partial charge in [-0.3, -0.25) is 9.59 Å². The normalized spacial score (nSPS) is 17.9. The zero-order chi connectivity index (χ0) is 28.6. The van der Waals surface area contributed by atoms with Gasteiger partial charge in [-0.05, 0) is 74.6 Å². The maximum atomic E-state index is 14.4. The van der Waals surface area contributed by atoms with Gasteiger partial charge in [0.15, 0.2) is 0 Å². The van der Waals surface area contributed by atoms with Gasteiger partial charge in [-0.15, -0.1) is 11.3 Å². The van der Waals surface area contributed by atoms with Gasteiger partial charge in [0, 0.05) is 30.1 Å². The van der Waals surface area contributed by atoms with Crippen molar-refractivity contribution in [2.45, 2.75) is 38.7 Å². The summed E-state index contributed by atoms with van der Waals surface area (Å²) in [5.74, 6) is -0.375. The molecule has 0 aliphatic carbocycles. The molecule has 0 bridgehead atoms. The zero-order valence-corrected chi connectivity index (χ0v) is 23.8. The standard InChI is InChI=1S/C32H31FN4O3S/c1-20-8-5-10-23(33)28(20)36-30(38)26-18-21-14-16-37(25-12-4-3-9-22(25)29(21)41-26)31(39)24-11-6-13-27(35-24)34-19-32(2)15-7-17-40-32/h3-6,8-13,18H,7,14-17,19H2,1-2H3,(H,34,35)(H,36,38). The summed E-state index contributed by atoms with van der Waals surface area (Å²) >= 11 is 1.35. The molecule has 1 atom stereocenters. The Balaban J connectivity index is 1.25. The van der Waals surface area contributed by atoms with Crippen molar-refractivity contribution in [3.05, 3.63) is 94.2 Å². The number of anilines is 3. The molecule has 2 amide bonds. The maximum absolute atomic E-state index is 14.4. The molecular weight excluding hydrogens is 539 g/mol. The van der Waals surface area contributed by atoms with Crippen molar-refractivity contribution in [3.63, 3.8) is 0 Å². The third-order valence-electron chi connectivity index (χ3n) is 7.69. The molecule has 4 aromatic rings. The number of para-hydroxylation sites is 2. The number of thiophene rings is 1. The summed E-state index contributed by atoms with van der Waals surface area (Å²) in [5.41, 5.74) is 3.58. The van der Waals surface area contributed by atoms with Crippen molar-refractivity contribution in [2.75, 3.05) is 35.2 Å². The summed E-state index contributed by atoms with van der Waals surface area (Å²) in [4.78, 5) is 34.8. The van der Waals surface area contributed by atoms with Crippen LogP contribution in [0.15, 0.2) is 66.7 Å². The van der Waals surface area contributed by atoms with Gasteiger partial charge in [0.05, 0.1) is 21.9 Å². The Hall–Kier alpha value is -4.08. The summed E-state index contributed by atoms with van der Waals surface area (Å²) in [6, 6.07) is 19.7. The van der Waals surface area contributed by atoms with Crippen molar-refractivity contribution >= 4 is 40.3 Å². The maximum Gasteiger partial charge on any atom is 0.276 e. The molecule has 41 heavy (non-hydrogen) atoms. The van der Waals surface area contributed by atoms with Crippen LogP contribution in [0.2, 0.25) is 0 Å². The van der Waals surface area contributed by atoms with Gasteiger partial charge in [-0.2, -0.15) is 0 Å². The van der Waals surface area contributed by atoms with Crippen molar-refractivity contribution in [2.24, 2.45) is 0 Å². The predicted molar refractivity (Wildman–Crippen MR) is 161 cm³/mol. The van der Waals surface area contributed by atoms with E-state index in [-0.39, 0.29) is 23.1 Å². The molecule has 1 saturated heterocycles. The highest BCUT2D eigenvalue weighted by molar-refractivity contribution is 7.17. The van der Waals surface area contributed by atoms with Crippen LogP contribution in [0.1, 0.15) is 51.1 Å². The van der Waals surface area contributed by atoms with E-state index in [2.05, 4.69) is 22.5 Å². The number of carbonyl (C=O) groups is 2. The number of hydrogen-bond donors (Lipinski definition) is 2. The highest BCUT2D eigenvalue weighted by Gasteiger charge is 2.30. The lowest BCUT2D eigenvalue weighted by Gasteiger charge is -2.24. The first-order valence-electron chi connectivity index (χ1n) is 13.8. The quantitative estimate of drug-likeness (QED) is 0.270. The fourth-order valence-corrected chi connectivity index (χ4v) is 6.57. The SMILES string of the molecule is Cc1cccc(F)c1NC(=O)c1cc2c(s1)-c1ccccc1N(C(=O)c1cccc(NCC3(C)CCCO3)n1)CC2. The molecule has 210 valence electrons. The minimum absolute atomic E-state index is 0.187. The molecule has 0 saturated carbocycles. The third-order valence-corrected chi connectivity index (χ3v) is 8.90. The molecule has 0 spiro atoms. The number of nitrogens with one attached hydrogen (secondary N) is 2. The van der Waals surface area contributed by atoms with Crippen LogP contribution in [0, 0.1) is 12.7 Å². The van der Waals surface area contributed by atoms with E-state index in [1.54, 1.807) is 30.0 Å². The molecule has 0 radical (unpaired) electrons. The molecule has 9 heteroatoms. The lowest BCUT2D eigenvalue weighted by Crippen LogP contribution is -2.34. The molecule has 2 aromatic heterocycles. The minimum Gasteiger partial charge on any atom is -0.373 e. The van der Waals surface area contributed by atoms with E-state index in [1.807, 2.05) is 42.5 Å². The molecule has 1 unspecified atom stereocenters. The average Bonchev–Trinajstić information content (AvgIpc) is 3.58. The first-order valence-corrected chi connectivity index (χ1v) is 14.6. The number of aryl methyl sites for hydroxylation is 1. The number of hydrogen-bond acceptors (Lipinski definition) is 6. The number of amides is 2. The second-order valence-electron chi connectivity index (χ2n) is 10.7. The van der Waals surface area contributed by atoms with E-state index in [1.165, 1.54) is 17.4 Å². The lowest BCUT2D eigenvalue weighted by atomic mass is 10.0. The summed E-state index contributed by atoms with van der Waals surface area (Å²) in [6.07, 6.45) is 2.59. The Bertz CT molecular complexity index is 1610. The topological polar surface area (TPSA) is 83.6 Å². The molecule has 2 aliphatic rings. The number of nitrogens with zero attached hydrogens (tertiary/aromatic N) is 2. The van der Waals surface area contributed by atoms with E-state index in [4.69, 9.17) is 4.74 Å². The lowest BCUT2D eigenvalue weighted by molar-refractivity contribution is 0.0314. The number of aromatic nitrogens is 1. The second-order valence-corrected chi connectivity index (χ2v) is 11.8. The van der Waals surface area contributed by atoms with E-state index in [0.29, 0.717) is 41.5 Å². The monoisotopic (exact) mass is 570 g/mol. The fraction of sp³-hybridized carbons (Fsp3) is 0.281. The van der Waals surface area contributed by atoms with Crippen molar-refractivity contribution in [1.82, 2.24) is 4.98 Å². The summed E-state index contributed by atoms with van der Waals surface area (Å²) in [6.45, 7) is 5.66. The molecule has 2 aromatic carbocycles. The van der Waals surface area contributed by atoms with Crippen LogP contribution in [0.4, 0.5) is 21.6 Å². The minimum atomic E-state index is -0.468. The van der Waals surface area contributed by atoms with Crippen molar-refractivity contribution in [3.8, 4) is 10.4 Å². The third kappa shape index (κ3) is 5.47. The van der Waals surface area contributed by atoms with Gasteiger partial charge in [0.2, 0.25) is 0 Å². The second kappa shape index (κ2) is 11.1. The number of benzene rings is 2. The first kappa shape index (κ1) is 27.1. The largest absolute Gasteiger partial charge is 0.373 e. The zero-order valence-electron chi connectivity index (χ0n) is 23.0. The van der Waals surface area contributed by atoms with Crippen LogP contribution in [-0.4, -0.2) is 42.1 Å². The number of fused-ring (bicyclic) bond motifs is 3. The number of carbonyl (C=O) groups excluding carboxylic acids is 2. The number of rotatable bonds is 6. The Morgan fingerprint density at radius 2 is 1.95 bits per heavy atom. The Kier molecular flexibility index (Phi) is 7.32. The Morgan fingerprint density at radius 1 is 1.12 bits per heavy atom. The van der Waals surface area contributed by atoms with E-state index in [0.717, 1.165) is 41.1 Å². The van der Waals surface area contributed by atoms with Crippen LogP contribution < -0.4 is 15.5 Å². The molecule has 6 rings (SSSR count). The van der Waals surface area contributed by atoms with Crippen LogP contribution in [0.3, 0.4) is 0 Å². The molecule has 2 aliphatic heterocycles. The highest BCUT2D eigenvalue weighted by atomic mass is 32.1. The molecule has 1 fully saturated rings. The van der Waals surface area contributed by atoms with E-state index < -0.39 is 5.82 Å². The molecule has 4 heterocycles. The van der Waals surface area contributed by atoms with Gasteiger partial charge in [0.1, 0.15) is 17.3 Å². The number of pyridine rings is 1. The van der Waals surface area contributed by atoms with Gasteiger partial charge >= 0.3 is 0 Å². The molecule has 2 N–H and O–H groups in total. The average molecular weight is 571 g/mol. The highest BCUT2D eigenvalue weighted by Crippen LogP contribution is 2.42. The Morgan fingerprint density at radius 3 is 2.76 bits per heavy atom. The van der Waals surface area contributed by atoms with Gasteiger partial charge < -0.3 is 20.3 Å². The Labute approximate surface area is 242 Å². The fourth-order valence-electron chi connectivity index (χ4n) is 5.43. The smallest absolute Gasteiger partial charge is 0.276 e.